The molecule has 1 atom stereocenters. The molecular weight excluding hydrogens is 362 g/mol. The van der Waals surface area contributed by atoms with Gasteiger partial charge in [0.15, 0.2) is 0 Å². The van der Waals surface area contributed by atoms with Crippen molar-refractivity contribution in [1.29, 1.82) is 0 Å². The number of amides is 2. The van der Waals surface area contributed by atoms with Crippen LogP contribution in [0.1, 0.15) is 45.2 Å². The summed E-state index contributed by atoms with van der Waals surface area (Å²) in [4.78, 5) is 31.9. The van der Waals surface area contributed by atoms with Gasteiger partial charge in [0.1, 0.15) is 0 Å². The van der Waals surface area contributed by atoms with Crippen LogP contribution in [-0.2, 0) is 11.3 Å². The minimum atomic E-state index is -0.418. The van der Waals surface area contributed by atoms with Gasteiger partial charge in [-0.3, -0.25) is 19.5 Å². The number of nitrogens with zero attached hydrogens (tertiary/aromatic N) is 2. The predicted molar refractivity (Wildman–Crippen MR) is 113 cm³/mol. The normalized spacial score (nSPS) is 15.3. The van der Waals surface area contributed by atoms with Crippen molar-refractivity contribution >= 4 is 17.5 Å². The molecule has 1 N–H and O–H groups in total. The van der Waals surface area contributed by atoms with Crippen LogP contribution in [0.15, 0.2) is 66.9 Å². The van der Waals surface area contributed by atoms with Gasteiger partial charge >= 0.3 is 0 Å². The highest BCUT2D eigenvalue weighted by atomic mass is 16.2. The molecule has 4 rings (SSSR count). The summed E-state index contributed by atoms with van der Waals surface area (Å²) < 4.78 is 0. The van der Waals surface area contributed by atoms with Crippen molar-refractivity contribution < 1.29 is 9.59 Å². The lowest BCUT2D eigenvalue weighted by atomic mass is 10.1. The number of carbonyl (C=O) groups is 2. The predicted octanol–water partition coefficient (Wildman–Crippen LogP) is 4.11. The van der Waals surface area contributed by atoms with E-state index in [1.807, 2.05) is 62.4 Å². The second-order valence-corrected chi connectivity index (χ2v) is 7.37. The first-order chi connectivity index (χ1) is 14.0. The van der Waals surface area contributed by atoms with Crippen molar-refractivity contribution in [3.63, 3.8) is 0 Å². The van der Waals surface area contributed by atoms with Crippen LogP contribution in [-0.4, -0.2) is 16.8 Å². The van der Waals surface area contributed by atoms with E-state index < -0.39 is 6.04 Å². The maximum atomic E-state index is 13.1. The molecule has 2 aromatic carbocycles. The van der Waals surface area contributed by atoms with Crippen LogP contribution < -0.4 is 10.2 Å². The van der Waals surface area contributed by atoms with Crippen molar-refractivity contribution in [1.82, 2.24) is 10.3 Å². The van der Waals surface area contributed by atoms with E-state index in [1.165, 1.54) is 0 Å². The quantitative estimate of drug-likeness (QED) is 0.719. The van der Waals surface area contributed by atoms with E-state index in [2.05, 4.69) is 10.3 Å². The second-order valence-electron chi connectivity index (χ2n) is 7.37. The molecule has 0 saturated carbocycles. The zero-order valence-corrected chi connectivity index (χ0v) is 16.6. The molecule has 0 spiro atoms. The molecule has 2 amide bonds. The largest absolute Gasteiger partial charge is 0.352 e. The lowest BCUT2D eigenvalue weighted by Gasteiger charge is -2.25. The standard InChI is InChI=1S/C24H23N3O2/c1-16-9-11-19(12-10-16)27-21(23-20(24(27)29)8-5-13-25-23)14-22(28)26-15-18-7-4-3-6-17(18)2/h3-13,21H,14-15H2,1-2H3,(H,26,28). The number of hydrogen-bond donors (Lipinski definition) is 1. The van der Waals surface area contributed by atoms with Crippen LogP contribution >= 0.6 is 0 Å². The molecule has 0 fully saturated rings. The number of aromatic nitrogens is 1. The summed E-state index contributed by atoms with van der Waals surface area (Å²) in [6, 6.07) is 18.8. The van der Waals surface area contributed by atoms with E-state index in [0.717, 1.165) is 22.4 Å². The Morgan fingerprint density at radius 2 is 1.79 bits per heavy atom. The van der Waals surface area contributed by atoms with Crippen LogP contribution in [0.4, 0.5) is 5.69 Å². The zero-order chi connectivity index (χ0) is 20.4. The summed E-state index contributed by atoms with van der Waals surface area (Å²) in [7, 11) is 0. The molecule has 1 aliphatic rings. The molecule has 29 heavy (non-hydrogen) atoms. The Morgan fingerprint density at radius 1 is 1.03 bits per heavy atom. The average Bonchev–Trinajstić information content (AvgIpc) is 3.00. The third-order valence-electron chi connectivity index (χ3n) is 5.34. The molecule has 146 valence electrons. The molecule has 1 unspecified atom stereocenters. The number of hydrogen-bond acceptors (Lipinski definition) is 3. The summed E-state index contributed by atoms with van der Waals surface area (Å²) in [5, 5.41) is 2.99. The van der Waals surface area contributed by atoms with Crippen molar-refractivity contribution in [2.24, 2.45) is 0 Å². The van der Waals surface area contributed by atoms with Gasteiger partial charge in [-0.15, -0.1) is 0 Å². The molecule has 5 nitrogen and oxygen atoms in total. The Hall–Kier alpha value is -3.47. The van der Waals surface area contributed by atoms with Gasteiger partial charge in [0.2, 0.25) is 5.91 Å². The lowest BCUT2D eigenvalue weighted by Crippen LogP contribution is -2.33. The maximum Gasteiger partial charge on any atom is 0.260 e. The van der Waals surface area contributed by atoms with E-state index in [9.17, 15) is 9.59 Å². The topological polar surface area (TPSA) is 62.3 Å². The average molecular weight is 385 g/mol. The maximum absolute atomic E-state index is 13.1. The first kappa shape index (κ1) is 18.9. The molecule has 5 heteroatoms. The van der Waals surface area contributed by atoms with Crippen LogP contribution in [0.25, 0.3) is 0 Å². The molecule has 0 radical (unpaired) electrons. The molecule has 0 saturated heterocycles. The number of nitrogens with one attached hydrogen (secondary N) is 1. The Morgan fingerprint density at radius 3 is 2.55 bits per heavy atom. The molecular formula is C24H23N3O2. The Balaban J connectivity index is 1.57. The number of rotatable bonds is 5. The van der Waals surface area contributed by atoms with Gasteiger partial charge in [-0.2, -0.15) is 0 Å². The van der Waals surface area contributed by atoms with Gasteiger partial charge in [0.05, 0.1) is 23.7 Å². The Bertz CT molecular complexity index is 1060. The van der Waals surface area contributed by atoms with Crippen molar-refractivity contribution in [3.8, 4) is 0 Å². The first-order valence-electron chi connectivity index (χ1n) is 9.71. The van der Waals surface area contributed by atoms with E-state index in [-0.39, 0.29) is 18.2 Å². The minimum absolute atomic E-state index is 0.110. The van der Waals surface area contributed by atoms with Crippen LogP contribution in [0.5, 0.6) is 0 Å². The van der Waals surface area contributed by atoms with Crippen LogP contribution in [0.3, 0.4) is 0 Å². The van der Waals surface area contributed by atoms with Gasteiger partial charge < -0.3 is 5.32 Å². The molecule has 0 aliphatic carbocycles. The fraction of sp³-hybridized carbons (Fsp3) is 0.208. The third kappa shape index (κ3) is 3.76. The molecule has 3 aromatic rings. The van der Waals surface area contributed by atoms with Crippen molar-refractivity contribution in [3.05, 3.63) is 94.8 Å². The number of aryl methyl sites for hydroxylation is 2. The SMILES string of the molecule is Cc1ccc(N2C(=O)c3cccnc3C2CC(=O)NCc2ccccc2C)cc1. The van der Waals surface area contributed by atoms with Gasteiger partial charge in [-0.25, -0.2) is 0 Å². The first-order valence-corrected chi connectivity index (χ1v) is 9.71. The number of carbonyl (C=O) groups excluding carboxylic acids is 2. The number of anilines is 1. The highest BCUT2D eigenvalue weighted by molar-refractivity contribution is 6.11. The number of benzene rings is 2. The smallest absolute Gasteiger partial charge is 0.260 e. The van der Waals surface area contributed by atoms with Gasteiger partial charge in [0, 0.05) is 18.4 Å². The summed E-state index contributed by atoms with van der Waals surface area (Å²) in [6.07, 6.45) is 1.83. The second kappa shape index (κ2) is 7.87. The molecule has 1 aliphatic heterocycles. The van der Waals surface area contributed by atoms with Gasteiger partial charge in [-0.05, 0) is 49.2 Å². The molecule has 2 heterocycles. The number of pyridine rings is 1. The molecule has 1 aromatic heterocycles. The fourth-order valence-corrected chi connectivity index (χ4v) is 3.70. The zero-order valence-electron chi connectivity index (χ0n) is 16.6. The van der Waals surface area contributed by atoms with E-state index >= 15 is 0 Å². The summed E-state index contributed by atoms with van der Waals surface area (Å²) in [5.74, 6) is -0.227. The highest BCUT2D eigenvalue weighted by Gasteiger charge is 2.39. The minimum Gasteiger partial charge on any atom is -0.352 e. The molecule has 0 bridgehead atoms. The monoisotopic (exact) mass is 385 g/mol. The van der Waals surface area contributed by atoms with Gasteiger partial charge in [-0.1, -0.05) is 42.0 Å². The Labute approximate surface area is 170 Å². The third-order valence-corrected chi connectivity index (χ3v) is 5.34. The Kier molecular flexibility index (Phi) is 5.12. The summed E-state index contributed by atoms with van der Waals surface area (Å²) >= 11 is 0. The summed E-state index contributed by atoms with van der Waals surface area (Å²) in [5.41, 5.74) is 5.32. The van der Waals surface area contributed by atoms with E-state index in [4.69, 9.17) is 0 Å². The highest BCUT2D eigenvalue weighted by Crippen LogP contribution is 2.38. The van der Waals surface area contributed by atoms with Crippen molar-refractivity contribution in [2.75, 3.05) is 4.90 Å². The summed E-state index contributed by atoms with van der Waals surface area (Å²) in [6.45, 7) is 4.49. The van der Waals surface area contributed by atoms with E-state index in [1.54, 1.807) is 23.2 Å². The van der Waals surface area contributed by atoms with E-state index in [0.29, 0.717) is 17.8 Å². The fourth-order valence-electron chi connectivity index (χ4n) is 3.70. The van der Waals surface area contributed by atoms with Gasteiger partial charge in [0.25, 0.3) is 5.91 Å². The lowest BCUT2D eigenvalue weighted by molar-refractivity contribution is -0.121. The van der Waals surface area contributed by atoms with Crippen molar-refractivity contribution in [2.45, 2.75) is 32.9 Å². The van der Waals surface area contributed by atoms with Crippen LogP contribution in [0, 0.1) is 13.8 Å². The number of fused-ring (bicyclic) bond motifs is 1. The van der Waals surface area contributed by atoms with Crippen LogP contribution in [0.2, 0.25) is 0 Å².